The molecule has 2 fully saturated rings. The molecule has 1 N–H and O–H groups in total. The Morgan fingerprint density at radius 3 is 2.55 bits per heavy atom. The number of hydrogen-bond acceptors (Lipinski definition) is 3. The van der Waals surface area contributed by atoms with Gasteiger partial charge in [0.15, 0.2) is 0 Å². The lowest BCUT2D eigenvalue weighted by Gasteiger charge is -2.24. The number of carbonyl (C=O) groups excluding carboxylic acids is 2. The van der Waals surface area contributed by atoms with Gasteiger partial charge in [-0.15, -0.1) is 0 Å². The van der Waals surface area contributed by atoms with Crippen LogP contribution < -0.4 is 5.32 Å². The molecule has 0 unspecified atom stereocenters. The van der Waals surface area contributed by atoms with E-state index in [9.17, 15) is 9.59 Å². The molecule has 1 saturated carbocycles. The van der Waals surface area contributed by atoms with Crippen LogP contribution in [0.5, 0.6) is 0 Å². The van der Waals surface area contributed by atoms with Gasteiger partial charge in [-0.3, -0.25) is 9.69 Å². The van der Waals surface area contributed by atoms with Crippen LogP contribution in [0, 0.1) is 5.92 Å². The van der Waals surface area contributed by atoms with E-state index in [1.807, 2.05) is 43.1 Å². The van der Waals surface area contributed by atoms with E-state index in [1.54, 1.807) is 0 Å². The van der Waals surface area contributed by atoms with Gasteiger partial charge >= 0.3 is 6.03 Å². The number of carbonyl (C=O) groups is 2. The molecule has 6 heteroatoms. The SMILES string of the molecule is CN(Cc1ccc(Cl)cc1)CN1C(=O)N[C@](C)(C2CC2)C1=O. The number of rotatable bonds is 5. The Bertz CT molecular complexity index is 600. The lowest BCUT2D eigenvalue weighted by Crippen LogP contribution is -2.46. The van der Waals surface area contributed by atoms with Gasteiger partial charge in [0.25, 0.3) is 5.91 Å². The number of imide groups is 1. The minimum atomic E-state index is -0.710. The average molecular weight is 322 g/mol. The van der Waals surface area contributed by atoms with Gasteiger partial charge < -0.3 is 5.32 Å². The highest BCUT2D eigenvalue weighted by Gasteiger charge is 2.55. The molecule has 0 radical (unpaired) electrons. The topological polar surface area (TPSA) is 52.6 Å². The first-order valence-electron chi connectivity index (χ1n) is 7.47. The van der Waals surface area contributed by atoms with E-state index in [4.69, 9.17) is 11.6 Å². The number of nitrogens with one attached hydrogen (secondary N) is 1. The molecule has 1 aliphatic heterocycles. The largest absolute Gasteiger partial charge is 0.326 e. The van der Waals surface area contributed by atoms with Crippen LogP contribution in [0.3, 0.4) is 0 Å². The van der Waals surface area contributed by atoms with Crippen LogP contribution in [0.2, 0.25) is 5.02 Å². The van der Waals surface area contributed by atoms with E-state index >= 15 is 0 Å². The first kappa shape index (κ1) is 15.3. The molecule has 5 nitrogen and oxygen atoms in total. The molecular weight excluding hydrogens is 302 g/mol. The number of urea groups is 1. The van der Waals surface area contributed by atoms with Crippen LogP contribution in [0.15, 0.2) is 24.3 Å². The van der Waals surface area contributed by atoms with Crippen LogP contribution in [-0.4, -0.2) is 41.0 Å². The van der Waals surface area contributed by atoms with Crippen LogP contribution in [0.25, 0.3) is 0 Å². The molecule has 22 heavy (non-hydrogen) atoms. The highest BCUT2D eigenvalue weighted by atomic mass is 35.5. The molecule has 0 spiro atoms. The van der Waals surface area contributed by atoms with Crippen molar-refractivity contribution in [2.45, 2.75) is 31.8 Å². The minimum Gasteiger partial charge on any atom is -0.323 e. The summed E-state index contributed by atoms with van der Waals surface area (Å²) in [7, 11) is 1.89. The van der Waals surface area contributed by atoms with Crippen LogP contribution in [0.4, 0.5) is 4.79 Å². The summed E-state index contributed by atoms with van der Waals surface area (Å²) in [6.45, 7) is 2.77. The van der Waals surface area contributed by atoms with Gasteiger partial charge in [0, 0.05) is 11.6 Å². The van der Waals surface area contributed by atoms with E-state index in [0.717, 1.165) is 18.4 Å². The predicted octanol–water partition coefficient (Wildman–Crippen LogP) is 2.45. The highest BCUT2D eigenvalue weighted by Crippen LogP contribution is 2.42. The van der Waals surface area contributed by atoms with Crippen molar-refractivity contribution in [2.75, 3.05) is 13.7 Å². The van der Waals surface area contributed by atoms with Gasteiger partial charge in [-0.25, -0.2) is 9.69 Å². The Kier molecular flexibility index (Phi) is 3.87. The lowest BCUT2D eigenvalue weighted by atomic mass is 9.96. The molecule has 0 bridgehead atoms. The third-order valence-electron chi connectivity index (χ3n) is 4.44. The van der Waals surface area contributed by atoms with Gasteiger partial charge in [0.05, 0.1) is 6.67 Å². The van der Waals surface area contributed by atoms with Crippen LogP contribution in [0.1, 0.15) is 25.3 Å². The summed E-state index contributed by atoms with van der Waals surface area (Å²) in [6.07, 6.45) is 2.02. The van der Waals surface area contributed by atoms with E-state index in [-0.39, 0.29) is 24.5 Å². The Hall–Kier alpha value is -1.59. The summed E-state index contributed by atoms with van der Waals surface area (Å²) in [5.74, 6) is 0.179. The zero-order chi connectivity index (χ0) is 15.9. The molecule has 1 aromatic carbocycles. The molecule has 1 aliphatic carbocycles. The van der Waals surface area contributed by atoms with Crippen molar-refractivity contribution in [3.63, 3.8) is 0 Å². The Morgan fingerprint density at radius 1 is 1.32 bits per heavy atom. The fraction of sp³-hybridized carbons (Fsp3) is 0.500. The normalized spacial score (nSPS) is 25.0. The van der Waals surface area contributed by atoms with E-state index in [2.05, 4.69) is 5.32 Å². The molecule has 1 aromatic rings. The second-order valence-electron chi connectivity index (χ2n) is 6.42. The van der Waals surface area contributed by atoms with Gasteiger partial charge in [0.2, 0.25) is 0 Å². The molecule has 0 aromatic heterocycles. The van der Waals surface area contributed by atoms with Crippen LogP contribution in [-0.2, 0) is 11.3 Å². The van der Waals surface area contributed by atoms with Gasteiger partial charge in [-0.1, -0.05) is 23.7 Å². The summed E-state index contributed by atoms with van der Waals surface area (Å²) in [4.78, 5) is 27.9. The van der Waals surface area contributed by atoms with Crippen molar-refractivity contribution in [3.8, 4) is 0 Å². The van der Waals surface area contributed by atoms with Crippen LogP contribution >= 0.6 is 11.6 Å². The number of nitrogens with zero attached hydrogens (tertiary/aromatic N) is 2. The second-order valence-corrected chi connectivity index (χ2v) is 6.86. The van der Waals surface area contributed by atoms with Crippen molar-refractivity contribution in [1.29, 1.82) is 0 Å². The third-order valence-corrected chi connectivity index (χ3v) is 4.70. The van der Waals surface area contributed by atoms with Gasteiger partial charge in [-0.2, -0.15) is 0 Å². The summed E-state index contributed by atoms with van der Waals surface area (Å²) in [6, 6.07) is 7.27. The average Bonchev–Trinajstić information content (AvgIpc) is 3.28. The van der Waals surface area contributed by atoms with E-state index in [1.165, 1.54) is 4.90 Å². The summed E-state index contributed by atoms with van der Waals surface area (Å²) in [5, 5.41) is 3.56. The van der Waals surface area contributed by atoms with E-state index < -0.39 is 5.54 Å². The number of amides is 3. The first-order valence-corrected chi connectivity index (χ1v) is 7.85. The maximum atomic E-state index is 12.6. The fourth-order valence-corrected chi connectivity index (χ4v) is 3.10. The molecule has 2 aliphatic rings. The van der Waals surface area contributed by atoms with Crippen molar-refractivity contribution in [1.82, 2.24) is 15.1 Å². The summed E-state index contributed by atoms with van der Waals surface area (Å²) in [5.41, 5.74) is 0.377. The molecule has 1 saturated heterocycles. The quantitative estimate of drug-likeness (QED) is 0.848. The fourth-order valence-electron chi connectivity index (χ4n) is 2.97. The second kappa shape index (κ2) is 5.56. The van der Waals surface area contributed by atoms with Crippen molar-refractivity contribution >= 4 is 23.5 Å². The molecule has 1 heterocycles. The Balaban J connectivity index is 1.63. The Morgan fingerprint density at radius 2 is 1.95 bits per heavy atom. The molecular formula is C16H20ClN3O2. The number of hydrogen-bond donors (Lipinski definition) is 1. The standard InChI is InChI=1S/C16H20ClN3O2/c1-16(12-5-6-12)14(21)20(15(22)18-16)10-19(2)9-11-3-7-13(17)8-4-11/h3-4,7-8,12H,5-6,9-10H2,1-2H3,(H,18,22)/t16-/m1/s1. The van der Waals surface area contributed by atoms with Gasteiger partial charge in [-0.05, 0) is 50.4 Å². The van der Waals surface area contributed by atoms with E-state index in [0.29, 0.717) is 11.6 Å². The molecule has 3 amide bonds. The Labute approximate surface area is 135 Å². The molecule has 118 valence electrons. The summed E-state index contributed by atoms with van der Waals surface area (Å²) < 4.78 is 0. The number of halogens is 1. The minimum absolute atomic E-state index is 0.108. The van der Waals surface area contributed by atoms with Crippen molar-refractivity contribution in [2.24, 2.45) is 5.92 Å². The zero-order valence-electron chi connectivity index (χ0n) is 12.8. The van der Waals surface area contributed by atoms with Crippen molar-refractivity contribution in [3.05, 3.63) is 34.9 Å². The zero-order valence-corrected chi connectivity index (χ0v) is 13.6. The van der Waals surface area contributed by atoms with Gasteiger partial charge in [0.1, 0.15) is 5.54 Å². The predicted molar refractivity (Wildman–Crippen MR) is 84.3 cm³/mol. The highest BCUT2D eigenvalue weighted by molar-refractivity contribution is 6.30. The maximum absolute atomic E-state index is 12.6. The smallest absolute Gasteiger partial charge is 0.323 e. The van der Waals surface area contributed by atoms with Crippen molar-refractivity contribution < 1.29 is 9.59 Å². The molecule has 3 rings (SSSR count). The number of benzene rings is 1. The maximum Gasteiger partial charge on any atom is 0.326 e. The lowest BCUT2D eigenvalue weighted by molar-refractivity contribution is -0.132. The molecule has 1 atom stereocenters. The third kappa shape index (κ3) is 2.83. The summed E-state index contributed by atoms with van der Waals surface area (Å²) >= 11 is 5.87. The monoisotopic (exact) mass is 321 g/mol. The first-order chi connectivity index (χ1) is 10.4.